The fourth-order valence-electron chi connectivity index (χ4n) is 2.27. The summed E-state index contributed by atoms with van der Waals surface area (Å²) in [5.74, 6) is 0.582. The summed E-state index contributed by atoms with van der Waals surface area (Å²) in [4.78, 5) is 4.13. The normalized spacial score (nSPS) is 13.7. The topological polar surface area (TPSA) is 53.1 Å². The molecule has 0 saturated carbocycles. The SMILES string of the molecule is CCOc1cccc2c1nc(N)n2C(C)CC(F)(F)F. The van der Waals surface area contributed by atoms with E-state index in [-0.39, 0.29) is 5.95 Å². The van der Waals surface area contributed by atoms with Gasteiger partial charge in [-0.25, -0.2) is 4.98 Å². The number of anilines is 1. The Hall–Kier alpha value is -1.92. The second-order valence-corrected chi connectivity index (χ2v) is 4.57. The minimum Gasteiger partial charge on any atom is -0.492 e. The summed E-state index contributed by atoms with van der Waals surface area (Å²) in [6.07, 6.45) is -5.21. The van der Waals surface area contributed by atoms with Crippen molar-refractivity contribution in [3.05, 3.63) is 18.2 Å². The maximum absolute atomic E-state index is 12.5. The smallest absolute Gasteiger partial charge is 0.391 e. The Labute approximate surface area is 114 Å². The number of hydrogen-bond donors (Lipinski definition) is 1. The maximum atomic E-state index is 12.5. The molecule has 0 spiro atoms. The zero-order valence-corrected chi connectivity index (χ0v) is 11.2. The summed E-state index contributed by atoms with van der Waals surface area (Å²) in [5, 5.41) is 0. The lowest BCUT2D eigenvalue weighted by atomic mass is 10.2. The van der Waals surface area contributed by atoms with E-state index in [0.717, 1.165) is 0 Å². The number of hydrogen-bond acceptors (Lipinski definition) is 3. The van der Waals surface area contributed by atoms with Gasteiger partial charge >= 0.3 is 6.18 Å². The minimum absolute atomic E-state index is 0.0592. The van der Waals surface area contributed by atoms with Gasteiger partial charge in [0.15, 0.2) is 0 Å². The molecule has 0 saturated heterocycles. The number of para-hydroxylation sites is 1. The summed E-state index contributed by atoms with van der Waals surface area (Å²) in [5.41, 5.74) is 6.80. The number of benzene rings is 1. The molecule has 1 unspecified atom stereocenters. The second kappa shape index (κ2) is 5.22. The van der Waals surface area contributed by atoms with E-state index in [1.807, 2.05) is 6.92 Å². The average Bonchev–Trinajstić information content (AvgIpc) is 2.64. The summed E-state index contributed by atoms with van der Waals surface area (Å²) < 4.78 is 44.4. The first-order valence-electron chi connectivity index (χ1n) is 6.29. The Morgan fingerprint density at radius 3 is 2.70 bits per heavy atom. The zero-order valence-electron chi connectivity index (χ0n) is 11.2. The molecule has 0 aliphatic rings. The molecule has 0 radical (unpaired) electrons. The van der Waals surface area contributed by atoms with Gasteiger partial charge in [-0.1, -0.05) is 6.07 Å². The van der Waals surface area contributed by atoms with Crippen molar-refractivity contribution in [2.24, 2.45) is 0 Å². The van der Waals surface area contributed by atoms with Crippen LogP contribution in [0, 0.1) is 0 Å². The van der Waals surface area contributed by atoms with E-state index in [4.69, 9.17) is 10.5 Å². The van der Waals surface area contributed by atoms with Crippen LogP contribution in [-0.4, -0.2) is 22.3 Å². The Balaban J connectivity index is 2.49. The van der Waals surface area contributed by atoms with Crippen molar-refractivity contribution in [3.63, 3.8) is 0 Å². The number of halogens is 3. The van der Waals surface area contributed by atoms with Gasteiger partial charge in [0, 0.05) is 6.04 Å². The molecule has 1 aromatic carbocycles. The minimum atomic E-state index is -4.25. The molecule has 0 aliphatic carbocycles. The molecular formula is C13H16F3N3O. The van der Waals surface area contributed by atoms with Gasteiger partial charge in [0.2, 0.25) is 5.95 Å². The number of imidazole rings is 1. The molecule has 0 fully saturated rings. The number of alkyl halides is 3. The molecule has 7 heteroatoms. The van der Waals surface area contributed by atoms with Gasteiger partial charge in [0.25, 0.3) is 0 Å². The third kappa shape index (κ3) is 2.81. The van der Waals surface area contributed by atoms with Crippen LogP contribution in [0.1, 0.15) is 26.3 Å². The lowest BCUT2D eigenvalue weighted by Gasteiger charge is -2.17. The zero-order chi connectivity index (χ0) is 14.9. The second-order valence-electron chi connectivity index (χ2n) is 4.57. The van der Waals surface area contributed by atoms with Crippen LogP contribution in [0.15, 0.2) is 18.2 Å². The highest BCUT2D eigenvalue weighted by molar-refractivity contribution is 5.84. The van der Waals surface area contributed by atoms with Crippen molar-refractivity contribution in [1.82, 2.24) is 9.55 Å². The lowest BCUT2D eigenvalue weighted by molar-refractivity contribution is -0.141. The van der Waals surface area contributed by atoms with Gasteiger partial charge in [0.1, 0.15) is 11.3 Å². The Bertz CT molecular complexity index is 607. The highest BCUT2D eigenvalue weighted by atomic mass is 19.4. The number of ether oxygens (including phenoxy) is 1. The molecule has 0 amide bonds. The summed E-state index contributed by atoms with van der Waals surface area (Å²) >= 11 is 0. The van der Waals surface area contributed by atoms with E-state index in [0.29, 0.717) is 23.4 Å². The Morgan fingerprint density at radius 1 is 1.40 bits per heavy atom. The average molecular weight is 287 g/mol. The number of aromatic nitrogens is 2. The van der Waals surface area contributed by atoms with E-state index in [1.165, 1.54) is 11.5 Å². The molecular weight excluding hydrogens is 271 g/mol. The number of nitrogens with two attached hydrogens (primary N) is 1. The standard InChI is InChI=1S/C13H16F3N3O/c1-3-20-10-6-4-5-9-11(10)18-12(17)19(9)8(2)7-13(14,15)16/h4-6,8H,3,7H2,1-2H3,(H2,17,18). The van der Waals surface area contributed by atoms with Crippen molar-refractivity contribution < 1.29 is 17.9 Å². The number of rotatable bonds is 4. The van der Waals surface area contributed by atoms with Crippen LogP contribution in [0.3, 0.4) is 0 Å². The molecule has 0 bridgehead atoms. The van der Waals surface area contributed by atoms with Crippen LogP contribution in [0.25, 0.3) is 11.0 Å². The lowest BCUT2D eigenvalue weighted by Crippen LogP contribution is -2.17. The molecule has 1 aromatic heterocycles. The van der Waals surface area contributed by atoms with Crippen LogP contribution in [0.5, 0.6) is 5.75 Å². The van der Waals surface area contributed by atoms with E-state index < -0.39 is 18.6 Å². The molecule has 0 aliphatic heterocycles. The Kier molecular flexibility index (Phi) is 3.78. The third-order valence-electron chi connectivity index (χ3n) is 2.98. The maximum Gasteiger partial charge on any atom is 0.391 e. The predicted molar refractivity (Wildman–Crippen MR) is 70.7 cm³/mol. The van der Waals surface area contributed by atoms with Gasteiger partial charge < -0.3 is 15.0 Å². The molecule has 2 N–H and O–H groups in total. The van der Waals surface area contributed by atoms with Crippen molar-refractivity contribution in [1.29, 1.82) is 0 Å². The first-order valence-corrected chi connectivity index (χ1v) is 6.29. The van der Waals surface area contributed by atoms with Crippen molar-refractivity contribution in [2.75, 3.05) is 12.3 Å². The van der Waals surface area contributed by atoms with E-state index >= 15 is 0 Å². The quantitative estimate of drug-likeness (QED) is 0.936. The molecule has 110 valence electrons. The van der Waals surface area contributed by atoms with Gasteiger partial charge in [0.05, 0.1) is 18.5 Å². The molecule has 2 aromatic rings. The monoisotopic (exact) mass is 287 g/mol. The van der Waals surface area contributed by atoms with Crippen LogP contribution in [0.4, 0.5) is 19.1 Å². The largest absolute Gasteiger partial charge is 0.492 e. The van der Waals surface area contributed by atoms with Crippen molar-refractivity contribution in [3.8, 4) is 5.75 Å². The van der Waals surface area contributed by atoms with Crippen molar-refractivity contribution >= 4 is 17.0 Å². The van der Waals surface area contributed by atoms with Crippen LogP contribution >= 0.6 is 0 Å². The van der Waals surface area contributed by atoms with Gasteiger partial charge in [-0.2, -0.15) is 13.2 Å². The van der Waals surface area contributed by atoms with Crippen molar-refractivity contribution in [2.45, 2.75) is 32.5 Å². The summed E-state index contributed by atoms with van der Waals surface area (Å²) in [7, 11) is 0. The molecule has 20 heavy (non-hydrogen) atoms. The fraction of sp³-hybridized carbons (Fsp3) is 0.462. The highest BCUT2D eigenvalue weighted by Crippen LogP contribution is 2.34. The first-order chi connectivity index (χ1) is 9.33. The van der Waals surface area contributed by atoms with Gasteiger partial charge in [-0.05, 0) is 26.0 Å². The molecule has 4 nitrogen and oxygen atoms in total. The number of fused-ring (bicyclic) bond motifs is 1. The Morgan fingerprint density at radius 2 is 2.10 bits per heavy atom. The predicted octanol–water partition coefficient (Wildman–Crippen LogP) is 3.53. The van der Waals surface area contributed by atoms with E-state index in [1.54, 1.807) is 18.2 Å². The van der Waals surface area contributed by atoms with E-state index in [9.17, 15) is 13.2 Å². The van der Waals surface area contributed by atoms with Crippen LogP contribution in [0.2, 0.25) is 0 Å². The summed E-state index contributed by atoms with van der Waals surface area (Å²) in [6, 6.07) is 4.30. The first kappa shape index (κ1) is 14.5. The van der Waals surface area contributed by atoms with E-state index in [2.05, 4.69) is 4.98 Å². The van der Waals surface area contributed by atoms with Gasteiger partial charge in [-0.3, -0.25) is 0 Å². The van der Waals surface area contributed by atoms with Gasteiger partial charge in [-0.15, -0.1) is 0 Å². The highest BCUT2D eigenvalue weighted by Gasteiger charge is 2.32. The number of nitrogen functional groups attached to an aromatic ring is 1. The third-order valence-corrected chi connectivity index (χ3v) is 2.98. The van der Waals surface area contributed by atoms with Crippen LogP contribution < -0.4 is 10.5 Å². The summed E-state index contributed by atoms with van der Waals surface area (Å²) in [6.45, 7) is 3.74. The number of nitrogens with zero attached hydrogens (tertiary/aromatic N) is 2. The van der Waals surface area contributed by atoms with Crippen LogP contribution in [-0.2, 0) is 0 Å². The fourth-order valence-corrected chi connectivity index (χ4v) is 2.27. The molecule has 2 rings (SSSR count). The molecule has 1 atom stereocenters. The molecule has 1 heterocycles.